The van der Waals surface area contributed by atoms with Crippen LogP contribution in [0.3, 0.4) is 0 Å². The zero-order chi connectivity index (χ0) is 9.59. The molecule has 0 spiro atoms. The predicted octanol–water partition coefficient (Wildman–Crippen LogP) is -0.848. The molecule has 4 nitrogen and oxygen atoms in total. The van der Waals surface area contributed by atoms with E-state index < -0.39 is 0 Å². The second-order valence-corrected chi connectivity index (χ2v) is 4.13. The summed E-state index contributed by atoms with van der Waals surface area (Å²) >= 11 is 0. The molecule has 74 valence electrons. The molecule has 2 aliphatic heterocycles. The van der Waals surface area contributed by atoms with Gasteiger partial charge in [0.1, 0.15) is 0 Å². The number of carbonyl (C=O) groups excluding carboxylic acids is 1. The molecule has 2 bridgehead atoms. The van der Waals surface area contributed by atoms with Crippen molar-refractivity contribution in [1.82, 2.24) is 10.2 Å². The Balaban J connectivity index is 1.99. The molecule has 4 unspecified atom stereocenters. The Morgan fingerprint density at radius 3 is 2.77 bits per heavy atom. The third-order valence-corrected chi connectivity index (χ3v) is 3.53. The fraction of sp³-hybridized carbons (Fsp3) is 0.889. The second-order valence-electron chi connectivity index (χ2n) is 4.13. The number of carbonyl (C=O) groups is 1. The highest BCUT2D eigenvalue weighted by Crippen LogP contribution is 2.40. The van der Waals surface area contributed by atoms with Gasteiger partial charge in [-0.3, -0.25) is 9.69 Å². The normalized spacial score (nSPS) is 39.8. The maximum Gasteiger partial charge on any atom is 0.236 e. The van der Waals surface area contributed by atoms with E-state index >= 15 is 0 Å². The SMILES string of the molecule is CNC(=O)C(C)N1CC2CC1C2N. The summed E-state index contributed by atoms with van der Waals surface area (Å²) < 4.78 is 0. The van der Waals surface area contributed by atoms with Gasteiger partial charge in [0, 0.05) is 25.7 Å². The van der Waals surface area contributed by atoms with Crippen LogP contribution in [0.4, 0.5) is 0 Å². The highest BCUT2D eigenvalue weighted by atomic mass is 16.2. The first-order valence-corrected chi connectivity index (χ1v) is 4.88. The molecular formula is C9H17N3O. The summed E-state index contributed by atoms with van der Waals surface area (Å²) in [6, 6.07) is 0.748. The number of nitrogens with one attached hydrogen (secondary N) is 1. The highest BCUT2D eigenvalue weighted by molar-refractivity contribution is 5.81. The molecule has 2 saturated heterocycles. The summed E-state index contributed by atoms with van der Waals surface area (Å²) in [4.78, 5) is 13.6. The topological polar surface area (TPSA) is 58.4 Å². The first-order valence-electron chi connectivity index (χ1n) is 4.88. The molecule has 0 radical (unpaired) electrons. The zero-order valence-electron chi connectivity index (χ0n) is 8.16. The fourth-order valence-electron chi connectivity index (χ4n) is 2.51. The minimum atomic E-state index is -0.0199. The van der Waals surface area contributed by atoms with Crippen molar-refractivity contribution in [2.24, 2.45) is 11.7 Å². The molecule has 1 aliphatic carbocycles. The molecule has 4 heteroatoms. The molecule has 13 heavy (non-hydrogen) atoms. The van der Waals surface area contributed by atoms with Crippen molar-refractivity contribution in [1.29, 1.82) is 0 Å². The Kier molecular flexibility index (Phi) is 2.04. The van der Waals surface area contributed by atoms with Gasteiger partial charge in [0.2, 0.25) is 5.91 Å². The van der Waals surface area contributed by atoms with Crippen LogP contribution in [-0.4, -0.2) is 42.5 Å². The lowest BCUT2D eigenvalue weighted by atomic mass is 9.81. The van der Waals surface area contributed by atoms with Crippen molar-refractivity contribution < 1.29 is 4.79 Å². The Morgan fingerprint density at radius 2 is 2.38 bits per heavy atom. The highest BCUT2D eigenvalue weighted by Gasteiger charge is 2.52. The molecule has 2 heterocycles. The maximum atomic E-state index is 11.4. The molecule has 3 rings (SSSR count). The maximum absolute atomic E-state index is 11.4. The molecular weight excluding hydrogens is 166 g/mol. The summed E-state index contributed by atoms with van der Waals surface area (Å²) in [5, 5.41) is 2.67. The molecule has 0 aromatic carbocycles. The molecule has 1 saturated carbocycles. The van der Waals surface area contributed by atoms with E-state index in [1.54, 1.807) is 7.05 Å². The van der Waals surface area contributed by atoms with Crippen LogP contribution in [-0.2, 0) is 4.79 Å². The van der Waals surface area contributed by atoms with Crippen LogP contribution in [0.2, 0.25) is 0 Å². The van der Waals surface area contributed by atoms with Crippen LogP contribution < -0.4 is 11.1 Å². The quantitative estimate of drug-likeness (QED) is 0.586. The van der Waals surface area contributed by atoms with E-state index in [9.17, 15) is 4.79 Å². The second kappa shape index (κ2) is 2.96. The van der Waals surface area contributed by atoms with Crippen molar-refractivity contribution in [2.45, 2.75) is 31.5 Å². The van der Waals surface area contributed by atoms with Gasteiger partial charge in [-0.25, -0.2) is 0 Å². The molecule has 1 amide bonds. The molecule has 0 aromatic rings. The lowest BCUT2D eigenvalue weighted by molar-refractivity contribution is -0.125. The minimum absolute atomic E-state index is 0.0199. The Morgan fingerprint density at radius 1 is 1.69 bits per heavy atom. The number of fused-ring (bicyclic) bond motifs is 1. The summed E-state index contributed by atoms with van der Waals surface area (Å²) in [6.07, 6.45) is 1.18. The van der Waals surface area contributed by atoms with Crippen LogP contribution in [0.5, 0.6) is 0 Å². The van der Waals surface area contributed by atoms with E-state index in [0.29, 0.717) is 18.0 Å². The third-order valence-electron chi connectivity index (χ3n) is 3.53. The van der Waals surface area contributed by atoms with Crippen molar-refractivity contribution >= 4 is 5.91 Å². The molecule has 0 aromatic heterocycles. The average Bonchev–Trinajstić information content (AvgIpc) is 2.71. The fourth-order valence-corrected chi connectivity index (χ4v) is 2.51. The van der Waals surface area contributed by atoms with Crippen LogP contribution in [0.25, 0.3) is 0 Å². The summed E-state index contributed by atoms with van der Waals surface area (Å²) in [6.45, 7) is 2.95. The van der Waals surface area contributed by atoms with E-state index in [-0.39, 0.29) is 11.9 Å². The van der Waals surface area contributed by atoms with Gasteiger partial charge in [-0.15, -0.1) is 0 Å². The first kappa shape index (κ1) is 8.97. The molecule has 4 atom stereocenters. The van der Waals surface area contributed by atoms with E-state index in [2.05, 4.69) is 10.2 Å². The van der Waals surface area contributed by atoms with Crippen molar-refractivity contribution in [3.05, 3.63) is 0 Å². The van der Waals surface area contributed by atoms with Gasteiger partial charge < -0.3 is 11.1 Å². The predicted molar refractivity (Wildman–Crippen MR) is 50.1 cm³/mol. The van der Waals surface area contributed by atoms with Gasteiger partial charge in [0.05, 0.1) is 6.04 Å². The van der Waals surface area contributed by atoms with Crippen LogP contribution in [0, 0.1) is 5.92 Å². The number of amides is 1. The van der Waals surface area contributed by atoms with Gasteiger partial charge >= 0.3 is 0 Å². The largest absolute Gasteiger partial charge is 0.358 e. The van der Waals surface area contributed by atoms with Crippen molar-refractivity contribution in [2.75, 3.05) is 13.6 Å². The van der Waals surface area contributed by atoms with E-state index in [0.717, 1.165) is 6.54 Å². The van der Waals surface area contributed by atoms with E-state index in [1.807, 2.05) is 6.92 Å². The van der Waals surface area contributed by atoms with Crippen molar-refractivity contribution in [3.8, 4) is 0 Å². The average molecular weight is 183 g/mol. The lowest BCUT2D eigenvalue weighted by Crippen LogP contribution is -2.53. The number of hydrogen-bond acceptors (Lipinski definition) is 3. The first-order chi connectivity index (χ1) is 6.15. The Hall–Kier alpha value is -0.610. The Bertz CT molecular complexity index is 231. The lowest BCUT2D eigenvalue weighted by Gasteiger charge is -2.35. The molecule has 3 N–H and O–H groups in total. The van der Waals surface area contributed by atoms with Crippen LogP contribution in [0.1, 0.15) is 13.3 Å². The van der Waals surface area contributed by atoms with Crippen LogP contribution >= 0.6 is 0 Å². The summed E-state index contributed by atoms with van der Waals surface area (Å²) in [5.41, 5.74) is 5.92. The van der Waals surface area contributed by atoms with Gasteiger partial charge in [-0.05, 0) is 19.3 Å². The van der Waals surface area contributed by atoms with Gasteiger partial charge in [0.25, 0.3) is 0 Å². The van der Waals surface area contributed by atoms with Crippen molar-refractivity contribution in [3.63, 3.8) is 0 Å². The number of rotatable bonds is 2. The number of nitrogens with zero attached hydrogens (tertiary/aromatic N) is 1. The molecule has 3 fully saturated rings. The van der Waals surface area contributed by atoms with E-state index in [1.165, 1.54) is 6.42 Å². The van der Waals surface area contributed by atoms with Gasteiger partial charge in [-0.1, -0.05) is 0 Å². The summed E-state index contributed by atoms with van der Waals surface area (Å²) in [7, 11) is 1.68. The molecule has 3 aliphatic rings. The third kappa shape index (κ3) is 1.16. The van der Waals surface area contributed by atoms with E-state index in [4.69, 9.17) is 5.73 Å². The van der Waals surface area contributed by atoms with Gasteiger partial charge in [0.15, 0.2) is 0 Å². The number of nitrogens with two attached hydrogens (primary N) is 1. The smallest absolute Gasteiger partial charge is 0.236 e. The van der Waals surface area contributed by atoms with Gasteiger partial charge in [-0.2, -0.15) is 0 Å². The monoisotopic (exact) mass is 183 g/mol. The Labute approximate surface area is 78.5 Å². The zero-order valence-corrected chi connectivity index (χ0v) is 8.16. The van der Waals surface area contributed by atoms with Crippen LogP contribution in [0.15, 0.2) is 0 Å². The minimum Gasteiger partial charge on any atom is -0.358 e. The number of likely N-dealkylation sites (N-methyl/N-ethyl adjacent to an activating group) is 1. The summed E-state index contributed by atoms with van der Waals surface area (Å²) in [5.74, 6) is 0.733. The number of hydrogen-bond donors (Lipinski definition) is 2. The standard InChI is InChI=1S/C9H17N3O/c1-5(9(13)11-2)12-4-6-3-7(12)8(6)10/h5-8H,3-4,10H2,1-2H3,(H,11,13).